The number of aromatic nitrogens is 2. The molecule has 0 bridgehead atoms. The Balaban J connectivity index is 1.70. The van der Waals surface area contributed by atoms with Gasteiger partial charge >= 0.3 is 11.9 Å². The summed E-state index contributed by atoms with van der Waals surface area (Å²) in [5, 5.41) is 3.07. The summed E-state index contributed by atoms with van der Waals surface area (Å²) in [5.41, 5.74) is 12.9. The SMILES string of the molecule is C[C@H](N)C(=O)Oc1ccc(C(=O)OCc2ccccc2)c(C(=O)CN)c1C(=O)[C@H](Cc1cnc[nH]1)NCOCc1ccc(Br)cc1. The molecule has 0 saturated heterocycles. The molecule has 0 fully saturated rings. The minimum atomic E-state index is -1.04. The molecule has 6 N–H and O–H groups in total. The van der Waals surface area contributed by atoms with Crippen molar-refractivity contribution in [2.24, 2.45) is 11.5 Å². The molecule has 0 aliphatic carbocycles. The first-order chi connectivity index (χ1) is 22.2. The van der Waals surface area contributed by atoms with Crippen LogP contribution in [0.4, 0.5) is 0 Å². The molecule has 13 heteroatoms. The van der Waals surface area contributed by atoms with Gasteiger partial charge in [0.1, 0.15) is 18.4 Å². The number of ether oxygens (including phenoxy) is 3. The molecule has 0 unspecified atom stereocenters. The number of H-pyrrole nitrogens is 1. The third-order valence-corrected chi connectivity index (χ3v) is 7.33. The van der Waals surface area contributed by atoms with Crippen molar-refractivity contribution in [3.05, 3.63) is 117 Å². The van der Waals surface area contributed by atoms with E-state index in [1.165, 1.54) is 25.4 Å². The Bertz CT molecular complexity index is 1650. The first-order valence-corrected chi connectivity index (χ1v) is 15.1. The van der Waals surface area contributed by atoms with Crippen LogP contribution in [0.1, 0.15) is 54.8 Å². The number of benzene rings is 3. The van der Waals surface area contributed by atoms with E-state index in [1.54, 1.807) is 30.5 Å². The van der Waals surface area contributed by atoms with E-state index in [9.17, 15) is 19.2 Å². The summed E-state index contributed by atoms with van der Waals surface area (Å²) in [6, 6.07) is 17.0. The molecule has 0 aliphatic rings. The van der Waals surface area contributed by atoms with E-state index in [-0.39, 0.29) is 48.8 Å². The van der Waals surface area contributed by atoms with Crippen LogP contribution in [0.5, 0.6) is 5.75 Å². The maximum atomic E-state index is 14.4. The normalized spacial score (nSPS) is 12.3. The van der Waals surface area contributed by atoms with Gasteiger partial charge in [0, 0.05) is 28.3 Å². The van der Waals surface area contributed by atoms with Gasteiger partial charge in [-0.25, -0.2) is 14.6 Å². The molecule has 0 aliphatic heterocycles. The lowest BCUT2D eigenvalue weighted by Gasteiger charge is -2.22. The van der Waals surface area contributed by atoms with Gasteiger partial charge < -0.3 is 30.7 Å². The van der Waals surface area contributed by atoms with Crippen molar-refractivity contribution in [2.75, 3.05) is 13.3 Å². The number of ketones is 2. The molecule has 1 aromatic heterocycles. The standard InChI is InChI=1S/C33H34BrN5O7/c1-20(36)32(42)46-28-12-11-25(33(43)45-17-21-5-3-2-4-6-21)29(27(40)14-35)30(28)31(41)26(13-24-15-37-18-38-24)39-19-44-16-22-7-9-23(34)10-8-22/h2-12,15,18,20,26,39H,13-14,16-17,19,35-36H2,1H3,(H,37,38)/t20-,26-/m0/s1. The van der Waals surface area contributed by atoms with Crippen LogP contribution >= 0.6 is 15.9 Å². The molecule has 3 aromatic carbocycles. The zero-order valence-electron chi connectivity index (χ0n) is 25.0. The molecule has 4 aromatic rings. The summed E-state index contributed by atoms with van der Waals surface area (Å²) in [5.74, 6) is -3.37. The fraction of sp³-hybridized carbons (Fsp3) is 0.242. The Morgan fingerprint density at radius 1 is 0.957 bits per heavy atom. The fourth-order valence-corrected chi connectivity index (χ4v) is 4.70. The van der Waals surface area contributed by atoms with Gasteiger partial charge in [-0.1, -0.05) is 58.4 Å². The van der Waals surface area contributed by atoms with Gasteiger partial charge in [-0.3, -0.25) is 14.9 Å². The van der Waals surface area contributed by atoms with Gasteiger partial charge in [-0.15, -0.1) is 0 Å². The summed E-state index contributed by atoms with van der Waals surface area (Å²) in [7, 11) is 0. The van der Waals surface area contributed by atoms with Gasteiger partial charge in [0.25, 0.3) is 0 Å². The van der Waals surface area contributed by atoms with Crippen LogP contribution in [0.15, 0.2) is 83.7 Å². The molecular formula is C33H34BrN5O7. The highest BCUT2D eigenvalue weighted by molar-refractivity contribution is 9.10. The van der Waals surface area contributed by atoms with Gasteiger partial charge in [0.15, 0.2) is 11.6 Å². The number of nitrogens with zero attached hydrogens (tertiary/aromatic N) is 1. The van der Waals surface area contributed by atoms with E-state index < -0.39 is 42.1 Å². The maximum Gasteiger partial charge on any atom is 0.339 e. The number of hydrogen-bond donors (Lipinski definition) is 4. The molecule has 0 amide bonds. The van der Waals surface area contributed by atoms with Gasteiger partial charge in [0.05, 0.1) is 43.4 Å². The van der Waals surface area contributed by atoms with E-state index in [4.69, 9.17) is 25.7 Å². The summed E-state index contributed by atoms with van der Waals surface area (Å²) < 4.78 is 17.7. The number of halogens is 1. The predicted octanol–water partition coefficient (Wildman–Crippen LogP) is 3.48. The van der Waals surface area contributed by atoms with Crippen molar-refractivity contribution in [2.45, 2.75) is 38.6 Å². The second-order valence-electron chi connectivity index (χ2n) is 10.3. The number of rotatable bonds is 16. The van der Waals surface area contributed by atoms with Crippen molar-refractivity contribution in [1.29, 1.82) is 0 Å². The van der Waals surface area contributed by atoms with E-state index in [0.717, 1.165) is 10.0 Å². The third kappa shape index (κ3) is 9.25. The smallest absolute Gasteiger partial charge is 0.339 e. The Morgan fingerprint density at radius 3 is 2.33 bits per heavy atom. The van der Waals surface area contributed by atoms with Crippen LogP contribution in [-0.2, 0) is 33.9 Å². The molecule has 1 heterocycles. The lowest BCUT2D eigenvalue weighted by Crippen LogP contribution is -2.41. The second kappa shape index (κ2) is 16.7. The van der Waals surface area contributed by atoms with Crippen LogP contribution < -0.4 is 21.5 Å². The molecule has 0 saturated carbocycles. The minimum absolute atomic E-state index is 0.0610. The molecule has 240 valence electrons. The average Bonchev–Trinajstić information content (AvgIpc) is 3.58. The summed E-state index contributed by atoms with van der Waals surface area (Å²) >= 11 is 3.40. The number of Topliss-reactive ketones (excluding diaryl/α,β-unsaturated/α-hetero) is 2. The highest BCUT2D eigenvalue weighted by Crippen LogP contribution is 2.30. The van der Waals surface area contributed by atoms with Crippen LogP contribution in [0.25, 0.3) is 0 Å². The predicted molar refractivity (Wildman–Crippen MR) is 172 cm³/mol. The number of hydrogen-bond acceptors (Lipinski definition) is 11. The lowest BCUT2D eigenvalue weighted by molar-refractivity contribution is -0.135. The molecule has 46 heavy (non-hydrogen) atoms. The van der Waals surface area contributed by atoms with Crippen molar-refractivity contribution in [1.82, 2.24) is 15.3 Å². The number of esters is 2. The molecule has 12 nitrogen and oxygen atoms in total. The zero-order chi connectivity index (χ0) is 33.1. The molecular weight excluding hydrogens is 658 g/mol. The zero-order valence-corrected chi connectivity index (χ0v) is 26.6. The molecule has 2 atom stereocenters. The van der Waals surface area contributed by atoms with Crippen LogP contribution in [0.3, 0.4) is 0 Å². The second-order valence-corrected chi connectivity index (χ2v) is 11.2. The number of carbonyl (C=O) groups is 4. The van der Waals surface area contributed by atoms with Crippen LogP contribution in [-0.4, -0.2) is 58.8 Å². The van der Waals surface area contributed by atoms with Gasteiger partial charge in [-0.2, -0.15) is 0 Å². The van der Waals surface area contributed by atoms with Crippen molar-refractivity contribution in [3.8, 4) is 5.75 Å². The lowest BCUT2D eigenvalue weighted by atomic mass is 9.89. The van der Waals surface area contributed by atoms with Gasteiger partial charge in [0.2, 0.25) is 0 Å². The molecule has 4 rings (SSSR count). The number of nitrogens with two attached hydrogens (primary N) is 2. The van der Waals surface area contributed by atoms with E-state index in [0.29, 0.717) is 11.3 Å². The van der Waals surface area contributed by atoms with E-state index in [2.05, 4.69) is 31.2 Å². The van der Waals surface area contributed by atoms with Crippen molar-refractivity contribution >= 4 is 39.4 Å². The van der Waals surface area contributed by atoms with Crippen molar-refractivity contribution in [3.63, 3.8) is 0 Å². The quantitative estimate of drug-likeness (QED) is 0.0443. The fourth-order valence-electron chi connectivity index (χ4n) is 4.43. The summed E-state index contributed by atoms with van der Waals surface area (Å²) in [6.45, 7) is 0.979. The first kappa shape index (κ1) is 34.3. The number of aromatic amines is 1. The number of carbonyl (C=O) groups excluding carboxylic acids is 4. The Kier molecular flexibility index (Phi) is 12.5. The number of nitrogens with one attached hydrogen (secondary N) is 2. The Hall–Kier alpha value is -4.53. The highest BCUT2D eigenvalue weighted by Gasteiger charge is 2.33. The first-order valence-electron chi connectivity index (χ1n) is 14.3. The van der Waals surface area contributed by atoms with Gasteiger partial charge in [-0.05, 0) is 42.3 Å². The molecule has 0 spiro atoms. The number of imidazole rings is 1. The van der Waals surface area contributed by atoms with E-state index in [1.807, 2.05) is 30.3 Å². The summed E-state index contributed by atoms with van der Waals surface area (Å²) in [4.78, 5) is 60.7. The third-order valence-electron chi connectivity index (χ3n) is 6.80. The van der Waals surface area contributed by atoms with Crippen LogP contribution in [0, 0.1) is 0 Å². The largest absolute Gasteiger partial charge is 0.457 e. The Morgan fingerprint density at radius 2 is 1.67 bits per heavy atom. The van der Waals surface area contributed by atoms with E-state index >= 15 is 0 Å². The highest BCUT2D eigenvalue weighted by atomic mass is 79.9. The van der Waals surface area contributed by atoms with Crippen molar-refractivity contribution < 1.29 is 33.4 Å². The minimum Gasteiger partial charge on any atom is -0.457 e. The maximum absolute atomic E-state index is 14.4. The topological polar surface area (TPSA) is 189 Å². The molecule has 0 radical (unpaired) electrons. The average molecular weight is 693 g/mol. The van der Waals surface area contributed by atoms with Crippen LogP contribution in [0.2, 0.25) is 0 Å². The monoisotopic (exact) mass is 691 g/mol. The Labute approximate surface area is 273 Å². The summed E-state index contributed by atoms with van der Waals surface area (Å²) in [6.07, 6.45) is 3.09.